The van der Waals surface area contributed by atoms with Crippen molar-refractivity contribution < 1.29 is 4.79 Å². The molecule has 0 fully saturated rings. The Morgan fingerprint density at radius 2 is 1.69 bits per heavy atom. The number of halogens is 1. The van der Waals surface area contributed by atoms with E-state index in [0.717, 1.165) is 22.5 Å². The van der Waals surface area contributed by atoms with Gasteiger partial charge in [-0.3, -0.25) is 4.79 Å². The van der Waals surface area contributed by atoms with Crippen molar-refractivity contribution in [3.63, 3.8) is 0 Å². The van der Waals surface area contributed by atoms with Crippen molar-refractivity contribution in [3.05, 3.63) is 76.1 Å². The number of aryl methyl sites for hydroxylation is 3. The zero-order chi connectivity index (χ0) is 18.7. The van der Waals surface area contributed by atoms with Crippen molar-refractivity contribution >= 4 is 34.8 Å². The van der Waals surface area contributed by atoms with Gasteiger partial charge in [-0.1, -0.05) is 35.4 Å². The summed E-state index contributed by atoms with van der Waals surface area (Å²) in [5.41, 5.74) is 4.64. The number of carbonyl (C=O) groups is 1. The minimum absolute atomic E-state index is 0.287. The van der Waals surface area contributed by atoms with Gasteiger partial charge in [0.1, 0.15) is 5.69 Å². The van der Waals surface area contributed by atoms with E-state index in [0.29, 0.717) is 22.4 Å². The van der Waals surface area contributed by atoms with E-state index in [1.165, 1.54) is 0 Å². The van der Waals surface area contributed by atoms with Crippen molar-refractivity contribution in [1.29, 1.82) is 0 Å². The molecule has 0 aliphatic rings. The van der Waals surface area contributed by atoms with E-state index in [1.54, 1.807) is 12.1 Å². The number of nitrogens with zero attached hydrogens (tertiary/aromatic N) is 2. The van der Waals surface area contributed by atoms with Crippen LogP contribution < -0.4 is 10.6 Å². The van der Waals surface area contributed by atoms with Gasteiger partial charge < -0.3 is 10.6 Å². The van der Waals surface area contributed by atoms with Crippen LogP contribution in [0.3, 0.4) is 0 Å². The number of rotatable bonds is 4. The predicted octanol–water partition coefficient (Wildman–Crippen LogP) is 5.05. The van der Waals surface area contributed by atoms with Gasteiger partial charge in [-0.05, 0) is 56.7 Å². The number of hydrogen-bond donors (Lipinski definition) is 2. The molecule has 0 aliphatic heterocycles. The molecule has 5 nitrogen and oxygen atoms in total. The van der Waals surface area contributed by atoms with Crippen LogP contribution in [-0.2, 0) is 0 Å². The molecule has 0 unspecified atom stereocenters. The topological polar surface area (TPSA) is 66.9 Å². The van der Waals surface area contributed by atoms with E-state index in [9.17, 15) is 4.79 Å². The monoisotopic (exact) mass is 366 g/mol. The summed E-state index contributed by atoms with van der Waals surface area (Å²) < 4.78 is 0. The lowest BCUT2D eigenvalue weighted by Gasteiger charge is -2.11. The summed E-state index contributed by atoms with van der Waals surface area (Å²) in [6.07, 6.45) is 0. The van der Waals surface area contributed by atoms with Crippen LogP contribution in [0.1, 0.15) is 27.3 Å². The van der Waals surface area contributed by atoms with Crippen molar-refractivity contribution in [1.82, 2.24) is 9.97 Å². The lowest BCUT2D eigenvalue weighted by atomic mass is 10.2. The fraction of sp³-hybridized carbons (Fsp3) is 0.150. The molecule has 0 saturated heterocycles. The fourth-order valence-electron chi connectivity index (χ4n) is 2.42. The first kappa shape index (κ1) is 17.9. The first-order chi connectivity index (χ1) is 12.4. The molecule has 0 saturated carbocycles. The molecule has 1 heterocycles. The first-order valence-electron chi connectivity index (χ1n) is 8.17. The van der Waals surface area contributed by atoms with Gasteiger partial charge in [0, 0.05) is 22.1 Å². The third kappa shape index (κ3) is 4.37. The fourth-order valence-corrected chi connectivity index (χ4v) is 2.59. The Kier molecular flexibility index (Phi) is 5.19. The Bertz CT molecular complexity index is 955. The Morgan fingerprint density at radius 1 is 0.962 bits per heavy atom. The molecule has 1 aromatic heterocycles. The first-order valence-corrected chi connectivity index (χ1v) is 8.55. The number of benzene rings is 2. The van der Waals surface area contributed by atoms with E-state index in [-0.39, 0.29) is 5.91 Å². The molecule has 2 N–H and O–H groups in total. The van der Waals surface area contributed by atoms with Crippen LogP contribution in [0, 0.1) is 20.8 Å². The number of carbonyl (C=O) groups excluding carboxylic acids is 1. The summed E-state index contributed by atoms with van der Waals surface area (Å²) >= 11 is 6.05. The van der Waals surface area contributed by atoms with Crippen LogP contribution in [0.4, 0.5) is 17.3 Å². The van der Waals surface area contributed by atoms with Crippen LogP contribution in [-0.4, -0.2) is 15.9 Å². The van der Waals surface area contributed by atoms with Crippen molar-refractivity contribution in [2.24, 2.45) is 0 Å². The van der Waals surface area contributed by atoms with Gasteiger partial charge in [0.15, 0.2) is 0 Å². The molecular weight excluding hydrogens is 348 g/mol. The number of amides is 1. The zero-order valence-corrected chi connectivity index (χ0v) is 15.6. The molecular formula is C20H19ClN4O. The van der Waals surface area contributed by atoms with Crippen LogP contribution in [0.2, 0.25) is 5.02 Å². The maximum Gasteiger partial charge on any atom is 0.274 e. The van der Waals surface area contributed by atoms with Crippen molar-refractivity contribution in [2.75, 3.05) is 10.6 Å². The molecule has 3 aromatic rings. The summed E-state index contributed by atoms with van der Waals surface area (Å²) in [5, 5.41) is 6.59. The van der Waals surface area contributed by atoms with Crippen LogP contribution >= 0.6 is 11.6 Å². The molecule has 6 heteroatoms. The highest BCUT2D eigenvalue weighted by molar-refractivity contribution is 6.30. The van der Waals surface area contributed by atoms with E-state index in [1.807, 2.05) is 57.2 Å². The van der Waals surface area contributed by atoms with E-state index < -0.39 is 0 Å². The summed E-state index contributed by atoms with van der Waals surface area (Å²) in [6, 6.07) is 14.8. The summed E-state index contributed by atoms with van der Waals surface area (Å²) in [6.45, 7) is 5.77. The Labute approximate surface area is 157 Å². The quantitative estimate of drug-likeness (QED) is 0.678. The minimum Gasteiger partial charge on any atom is -0.324 e. The predicted molar refractivity (Wildman–Crippen MR) is 105 cm³/mol. The average Bonchev–Trinajstić information content (AvgIpc) is 2.59. The molecule has 0 atom stereocenters. The second kappa shape index (κ2) is 7.54. The summed E-state index contributed by atoms with van der Waals surface area (Å²) in [5.74, 6) is 0.0645. The third-order valence-corrected chi connectivity index (χ3v) is 4.08. The largest absolute Gasteiger partial charge is 0.324 e. The molecule has 3 rings (SSSR count). The van der Waals surface area contributed by atoms with Gasteiger partial charge in [-0.2, -0.15) is 0 Å². The molecule has 0 spiro atoms. The van der Waals surface area contributed by atoms with E-state index in [4.69, 9.17) is 11.6 Å². The highest BCUT2D eigenvalue weighted by Crippen LogP contribution is 2.23. The van der Waals surface area contributed by atoms with Gasteiger partial charge in [-0.15, -0.1) is 0 Å². The van der Waals surface area contributed by atoms with Gasteiger partial charge in [0.05, 0.1) is 0 Å². The summed E-state index contributed by atoms with van der Waals surface area (Å²) in [4.78, 5) is 21.2. The van der Waals surface area contributed by atoms with Crippen molar-refractivity contribution in [3.8, 4) is 0 Å². The number of aromatic nitrogens is 2. The van der Waals surface area contributed by atoms with Gasteiger partial charge >= 0.3 is 0 Å². The molecule has 1 amide bonds. The Hall–Kier alpha value is -2.92. The second-order valence-corrected chi connectivity index (χ2v) is 6.56. The highest BCUT2D eigenvalue weighted by Gasteiger charge is 2.12. The number of nitrogens with one attached hydrogen (secondary N) is 2. The Balaban J connectivity index is 1.83. The molecule has 26 heavy (non-hydrogen) atoms. The van der Waals surface area contributed by atoms with Gasteiger partial charge in [0.25, 0.3) is 5.91 Å². The minimum atomic E-state index is -0.287. The summed E-state index contributed by atoms with van der Waals surface area (Å²) in [7, 11) is 0. The van der Waals surface area contributed by atoms with Gasteiger partial charge in [0.2, 0.25) is 5.95 Å². The zero-order valence-electron chi connectivity index (χ0n) is 14.8. The van der Waals surface area contributed by atoms with E-state index >= 15 is 0 Å². The van der Waals surface area contributed by atoms with Crippen LogP contribution in [0.15, 0.2) is 48.5 Å². The number of anilines is 3. The standard InChI is InChI=1S/C20H19ClN4O/c1-12-4-8-16(9-5-12)23-19(26)18-10-14(3)22-20(25-18)24-17-11-15(21)7-6-13(17)2/h4-11H,1-3H3,(H,23,26)(H,22,24,25). The maximum atomic E-state index is 12.5. The molecule has 0 radical (unpaired) electrons. The maximum absolute atomic E-state index is 12.5. The molecule has 0 bridgehead atoms. The van der Waals surface area contributed by atoms with Gasteiger partial charge in [-0.25, -0.2) is 9.97 Å². The molecule has 2 aromatic carbocycles. The Morgan fingerprint density at radius 3 is 2.42 bits per heavy atom. The van der Waals surface area contributed by atoms with Crippen LogP contribution in [0.5, 0.6) is 0 Å². The normalized spacial score (nSPS) is 10.5. The SMILES string of the molecule is Cc1ccc(NC(=O)c2cc(C)nc(Nc3cc(Cl)ccc3C)n2)cc1. The molecule has 132 valence electrons. The third-order valence-electron chi connectivity index (χ3n) is 3.84. The molecule has 0 aliphatic carbocycles. The highest BCUT2D eigenvalue weighted by atomic mass is 35.5. The average molecular weight is 367 g/mol. The second-order valence-electron chi connectivity index (χ2n) is 6.12. The lowest BCUT2D eigenvalue weighted by molar-refractivity contribution is 0.102. The van der Waals surface area contributed by atoms with Crippen LogP contribution in [0.25, 0.3) is 0 Å². The smallest absolute Gasteiger partial charge is 0.274 e. The number of hydrogen-bond acceptors (Lipinski definition) is 4. The van der Waals surface area contributed by atoms with E-state index in [2.05, 4.69) is 20.6 Å². The van der Waals surface area contributed by atoms with Crippen molar-refractivity contribution in [2.45, 2.75) is 20.8 Å². The lowest BCUT2D eigenvalue weighted by Crippen LogP contribution is -2.15.